The predicted octanol–water partition coefficient (Wildman–Crippen LogP) is 3.22. The Morgan fingerprint density at radius 1 is 1.31 bits per heavy atom. The van der Waals surface area contributed by atoms with E-state index in [2.05, 4.69) is 39.7 Å². The van der Waals surface area contributed by atoms with Crippen molar-refractivity contribution in [2.75, 3.05) is 13.7 Å². The molecule has 0 aliphatic heterocycles. The SMILES string of the molecule is COCC(C)(C)n1ncc(Cl)c1C(C)(C)C. The fourth-order valence-corrected chi connectivity index (χ4v) is 2.28. The maximum atomic E-state index is 6.21. The molecule has 0 saturated heterocycles. The summed E-state index contributed by atoms with van der Waals surface area (Å²) in [6, 6.07) is 0. The van der Waals surface area contributed by atoms with Crippen molar-refractivity contribution >= 4 is 11.6 Å². The average molecular weight is 245 g/mol. The first-order valence-electron chi connectivity index (χ1n) is 5.43. The van der Waals surface area contributed by atoms with E-state index in [-0.39, 0.29) is 11.0 Å². The van der Waals surface area contributed by atoms with Crippen molar-refractivity contribution in [3.05, 3.63) is 16.9 Å². The third-order valence-electron chi connectivity index (χ3n) is 2.51. The lowest BCUT2D eigenvalue weighted by Crippen LogP contribution is -2.36. The third kappa shape index (κ3) is 2.58. The van der Waals surface area contributed by atoms with Gasteiger partial charge in [-0.25, -0.2) is 0 Å². The van der Waals surface area contributed by atoms with Gasteiger partial charge in [-0.05, 0) is 13.8 Å². The van der Waals surface area contributed by atoms with Crippen molar-refractivity contribution in [1.82, 2.24) is 9.78 Å². The summed E-state index contributed by atoms with van der Waals surface area (Å²) < 4.78 is 7.21. The second-order valence-electron chi connectivity index (χ2n) is 5.75. The summed E-state index contributed by atoms with van der Waals surface area (Å²) in [7, 11) is 1.70. The maximum absolute atomic E-state index is 6.21. The van der Waals surface area contributed by atoms with Gasteiger partial charge in [-0.1, -0.05) is 32.4 Å². The fourth-order valence-electron chi connectivity index (χ4n) is 1.88. The van der Waals surface area contributed by atoms with Crippen LogP contribution in [0.1, 0.15) is 40.3 Å². The molecule has 0 radical (unpaired) electrons. The summed E-state index contributed by atoms with van der Waals surface area (Å²) in [4.78, 5) is 0. The maximum Gasteiger partial charge on any atom is 0.0823 e. The summed E-state index contributed by atoms with van der Waals surface area (Å²) in [6.45, 7) is 11.2. The summed E-state index contributed by atoms with van der Waals surface area (Å²) >= 11 is 6.21. The molecule has 0 atom stereocenters. The number of halogens is 1. The Kier molecular flexibility index (Phi) is 3.70. The lowest BCUT2D eigenvalue weighted by atomic mass is 9.90. The molecule has 0 amide bonds. The van der Waals surface area contributed by atoms with Gasteiger partial charge >= 0.3 is 0 Å². The number of ether oxygens (including phenoxy) is 1. The van der Waals surface area contributed by atoms with E-state index in [0.29, 0.717) is 6.61 Å². The first-order valence-corrected chi connectivity index (χ1v) is 5.81. The topological polar surface area (TPSA) is 27.1 Å². The van der Waals surface area contributed by atoms with E-state index in [9.17, 15) is 0 Å². The van der Waals surface area contributed by atoms with E-state index in [1.165, 1.54) is 0 Å². The zero-order valence-corrected chi connectivity index (χ0v) is 11.7. The van der Waals surface area contributed by atoms with Gasteiger partial charge in [0.25, 0.3) is 0 Å². The van der Waals surface area contributed by atoms with Gasteiger partial charge in [-0.2, -0.15) is 5.10 Å². The van der Waals surface area contributed by atoms with Crippen LogP contribution in [-0.2, 0) is 15.7 Å². The highest BCUT2D eigenvalue weighted by molar-refractivity contribution is 6.31. The standard InChI is InChI=1S/C12H21ClN2O/c1-11(2,3)10-9(13)7-14-15(10)12(4,5)8-16-6/h7H,8H2,1-6H3. The molecule has 0 unspecified atom stereocenters. The smallest absolute Gasteiger partial charge is 0.0823 e. The Balaban J connectivity index is 3.25. The summed E-state index contributed by atoms with van der Waals surface area (Å²) in [6.07, 6.45) is 1.71. The van der Waals surface area contributed by atoms with Gasteiger partial charge in [0.05, 0.1) is 29.1 Å². The van der Waals surface area contributed by atoms with Crippen molar-refractivity contribution in [1.29, 1.82) is 0 Å². The van der Waals surface area contributed by atoms with Gasteiger partial charge in [0.1, 0.15) is 0 Å². The molecule has 3 nitrogen and oxygen atoms in total. The molecule has 0 aliphatic carbocycles. The molecular weight excluding hydrogens is 224 g/mol. The molecule has 0 aliphatic rings. The summed E-state index contributed by atoms with van der Waals surface area (Å²) in [5.41, 5.74) is 0.833. The number of hydrogen-bond donors (Lipinski definition) is 0. The van der Waals surface area contributed by atoms with Crippen molar-refractivity contribution in [3.8, 4) is 0 Å². The number of methoxy groups -OCH3 is 1. The summed E-state index contributed by atoms with van der Waals surface area (Å²) in [5.74, 6) is 0. The van der Waals surface area contributed by atoms with Crippen molar-refractivity contribution in [3.63, 3.8) is 0 Å². The van der Waals surface area contributed by atoms with Crippen molar-refractivity contribution in [2.24, 2.45) is 0 Å². The average Bonchev–Trinajstić information content (AvgIpc) is 2.46. The Labute approximate surface area is 103 Å². The number of aromatic nitrogens is 2. The molecule has 0 aromatic carbocycles. The van der Waals surface area contributed by atoms with E-state index in [1.54, 1.807) is 13.3 Å². The quantitative estimate of drug-likeness (QED) is 0.817. The van der Waals surface area contributed by atoms with E-state index in [4.69, 9.17) is 16.3 Å². The minimum Gasteiger partial charge on any atom is -0.382 e. The monoisotopic (exact) mass is 244 g/mol. The summed E-state index contributed by atoms with van der Waals surface area (Å²) in [5, 5.41) is 5.10. The van der Waals surface area contributed by atoms with Gasteiger partial charge in [0, 0.05) is 12.5 Å². The number of nitrogens with zero attached hydrogens (tertiary/aromatic N) is 2. The van der Waals surface area contributed by atoms with Gasteiger partial charge in [-0.3, -0.25) is 4.68 Å². The van der Waals surface area contributed by atoms with Crippen LogP contribution in [0, 0.1) is 0 Å². The first-order chi connectivity index (χ1) is 7.20. The molecule has 1 rings (SSSR count). The Morgan fingerprint density at radius 3 is 2.31 bits per heavy atom. The Morgan fingerprint density at radius 2 is 1.88 bits per heavy atom. The van der Waals surface area contributed by atoms with Crippen LogP contribution in [0.25, 0.3) is 0 Å². The second kappa shape index (κ2) is 4.38. The lowest BCUT2D eigenvalue weighted by molar-refractivity contribution is 0.0971. The number of hydrogen-bond acceptors (Lipinski definition) is 2. The Bertz CT molecular complexity index is 364. The van der Waals surface area contributed by atoms with Gasteiger partial charge in [-0.15, -0.1) is 0 Å². The van der Waals surface area contributed by atoms with Crippen LogP contribution >= 0.6 is 11.6 Å². The third-order valence-corrected chi connectivity index (χ3v) is 2.78. The van der Waals surface area contributed by atoms with Crippen LogP contribution in [0.4, 0.5) is 0 Å². The van der Waals surface area contributed by atoms with E-state index < -0.39 is 0 Å². The zero-order chi connectivity index (χ0) is 12.6. The first kappa shape index (κ1) is 13.5. The number of rotatable bonds is 3. The molecule has 92 valence electrons. The minimum atomic E-state index is -0.190. The highest BCUT2D eigenvalue weighted by atomic mass is 35.5. The molecule has 1 heterocycles. The van der Waals surface area contributed by atoms with Crippen molar-refractivity contribution in [2.45, 2.75) is 45.6 Å². The molecule has 0 bridgehead atoms. The largest absolute Gasteiger partial charge is 0.382 e. The van der Waals surface area contributed by atoms with Crippen LogP contribution in [0.15, 0.2) is 6.20 Å². The molecule has 0 saturated carbocycles. The molecule has 1 aromatic heterocycles. The highest BCUT2D eigenvalue weighted by Crippen LogP contribution is 2.32. The normalized spacial score (nSPS) is 13.2. The van der Waals surface area contributed by atoms with E-state index in [1.807, 2.05) is 4.68 Å². The molecule has 16 heavy (non-hydrogen) atoms. The van der Waals surface area contributed by atoms with Crippen LogP contribution in [-0.4, -0.2) is 23.5 Å². The molecule has 4 heteroatoms. The zero-order valence-electron chi connectivity index (χ0n) is 11.0. The van der Waals surface area contributed by atoms with Crippen LogP contribution < -0.4 is 0 Å². The van der Waals surface area contributed by atoms with Gasteiger partial charge < -0.3 is 4.74 Å². The molecule has 0 spiro atoms. The van der Waals surface area contributed by atoms with E-state index in [0.717, 1.165) is 10.7 Å². The van der Waals surface area contributed by atoms with Crippen LogP contribution in [0.5, 0.6) is 0 Å². The second-order valence-corrected chi connectivity index (χ2v) is 6.16. The van der Waals surface area contributed by atoms with Gasteiger partial charge in [0.2, 0.25) is 0 Å². The van der Waals surface area contributed by atoms with E-state index >= 15 is 0 Å². The van der Waals surface area contributed by atoms with Crippen molar-refractivity contribution < 1.29 is 4.74 Å². The molecular formula is C12H21ClN2O. The molecule has 0 fully saturated rings. The lowest BCUT2D eigenvalue weighted by Gasteiger charge is -2.31. The highest BCUT2D eigenvalue weighted by Gasteiger charge is 2.31. The Hall–Kier alpha value is -0.540. The molecule has 0 N–H and O–H groups in total. The van der Waals surface area contributed by atoms with Crippen LogP contribution in [0.3, 0.4) is 0 Å². The minimum absolute atomic E-state index is 0.0292. The fraction of sp³-hybridized carbons (Fsp3) is 0.750. The van der Waals surface area contributed by atoms with Gasteiger partial charge in [0.15, 0.2) is 0 Å². The molecule has 1 aromatic rings. The predicted molar refractivity (Wildman–Crippen MR) is 67.1 cm³/mol. The van der Waals surface area contributed by atoms with Crippen LogP contribution in [0.2, 0.25) is 5.02 Å².